The molecule has 4 heteroatoms. The lowest BCUT2D eigenvalue weighted by Gasteiger charge is -2.34. The van der Waals surface area contributed by atoms with Crippen molar-refractivity contribution in [3.05, 3.63) is 18.6 Å². The molecule has 1 unspecified atom stereocenters. The highest BCUT2D eigenvalue weighted by molar-refractivity contribution is 5.35. The van der Waals surface area contributed by atoms with Crippen LogP contribution in [0.25, 0.3) is 0 Å². The Bertz CT molecular complexity index is 291. The van der Waals surface area contributed by atoms with Crippen molar-refractivity contribution in [1.29, 1.82) is 0 Å². The third kappa shape index (κ3) is 2.45. The van der Waals surface area contributed by atoms with Gasteiger partial charge in [0.05, 0.1) is 6.20 Å². The van der Waals surface area contributed by atoms with Crippen LogP contribution in [0.2, 0.25) is 0 Å². The number of piperidine rings is 1. The topological polar surface area (TPSA) is 55.0 Å². The van der Waals surface area contributed by atoms with Crippen molar-refractivity contribution in [2.75, 3.05) is 18.0 Å². The summed E-state index contributed by atoms with van der Waals surface area (Å²) in [6.07, 6.45) is 7.60. The molecule has 0 bridgehead atoms. The van der Waals surface area contributed by atoms with Gasteiger partial charge in [-0.15, -0.1) is 0 Å². The second-order valence-electron chi connectivity index (χ2n) is 4.25. The minimum absolute atomic E-state index is 0.314. The van der Waals surface area contributed by atoms with E-state index in [1.54, 1.807) is 12.4 Å². The second kappa shape index (κ2) is 4.57. The molecule has 0 aromatic carbocycles. The predicted octanol–water partition coefficient (Wildman–Crippen LogP) is 1.04. The van der Waals surface area contributed by atoms with Gasteiger partial charge in [-0.3, -0.25) is 4.98 Å². The van der Waals surface area contributed by atoms with Gasteiger partial charge in [-0.2, -0.15) is 0 Å². The van der Waals surface area contributed by atoms with E-state index in [1.165, 1.54) is 0 Å². The van der Waals surface area contributed by atoms with Crippen molar-refractivity contribution in [1.82, 2.24) is 9.97 Å². The summed E-state index contributed by atoms with van der Waals surface area (Å²) in [7, 11) is 0. The summed E-state index contributed by atoms with van der Waals surface area (Å²) in [6.45, 7) is 4.19. The van der Waals surface area contributed by atoms with Crippen molar-refractivity contribution < 1.29 is 0 Å². The van der Waals surface area contributed by atoms with Crippen molar-refractivity contribution in [3.63, 3.8) is 0 Å². The van der Waals surface area contributed by atoms with Gasteiger partial charge < -0.3 is 10.6 Å². The molecule has 1 atom stereocenters. The minimum atomic E-state index is 0.314. The average molecular weight is 206 g/mol. The lowest BCUT2D eigenvalue weighted by molar-refractivity contribution is 0.353. The zero-order chi connectivity index (χ0) is 10.7. The van der Waals surface area contributed by atoms with Crippen LogP contribution in [-0.2, 0) is 0 Å². The molecule has 82 valence electrons. The third-order valence-electron chi connectivity index (χ3n) is 3.16. The summed E-state index contributed by atoms with van der Waals surface area (Å²) in [5, 5.41) is 0. The van der Waals surface area contributed by atoms with Crippen LogP contribution in [0.5, 0.6) is 0 Å². The van der Waals surface area contributed by atoms with E-state index in [9.17, 15) is 0 Å². The molecule has 0 amide bonds. The van der Waals surface area contributed by atoms with E-state index < -0.39 is 0 Å². The summed E-state index contributed by atoms with van der Waals surface area (Å²) in [6, 6.07) is 0.314. The normalized spacial score (nSPS) is 20.3. The van der Waals surface area contributed by atoms with Gasteiger partial charge in [0.2, 0.25) is 0 Å². The zero-order valence-electron chi connectivity index (χ0n) is 9.13. The molecule has 1 aliphatic heterocycles. The number of hydrogen-bond donors (Lipinski definition) is 1. The lowest BCUT2D eigenvalue weighted by Crippen LogP contribution is -2.40. The first-order chi connectivity index (χ1) is 7.27. The Hall–Kier alpha value is -1.16. The second-order valence-corrected chi connectivity index (χ2v) is 4.25. The van der Waals surface area contributed by atoms with E-state index in [1.807, 2.05) is 6.20 Å². The maximum atomic E-state index is 5.90. The highest BCUT2D eigenvalue weighted by Crippen LogP contribution is 2.22. The van der Waals surface area contributed by atoms with Gasteiger partial charge in [0, 0.05) is 31.5 Å². The molecule has 1 fully saturated rings. The fourth-order valence-electron chi connectivity index (χ4n) is 2.11. The first kappa shape index (κ1) is 10.4. The summed E-state index contributed by atoms with van der Waals surface area (Å²) >= 11 is 0. The lowest BCUT2D eigenvalue weighted by atomic mass is 9.91. The minimum Gasteiger partial charge on any atom is -0.355 e. The molecule has 2 rings (SSSR count). The molecule has 2 N–H and O–H groups in total. The summed E-state index contributed by atoms with van der Waals surface area (Å²) in [4.78, 5) is 10.7. The number of nitrogens with zero attached hydrogens (tertiary/aromatic N) is 3. The van der Waals surface area contributed by atoms with Gasteiger partial charge in [-0.1, -0.05) is 0 Å². The van der Waals surface area contributed by atoms with Gasteiger partial charge in [-0.05, 0) is 25.7 Å². The van der Waals surface area contributed by atoms with Gasteiger partial charge in [0.25, 0.3) is 0 Å². The fraction of sp³-hybridized carbons (Fsp3) is 0.636. The Morgan fingerprint density at radius 1 is 1.40 bits per heavy atom. The van der Waals surface area contributed by atoms with Crippen LogP contribution < -0.4 is 10.6 Å². The Kier molecular flexibility index (Phi) is 3.16. The number of nitrogens with two attached hydrogens (primary N) is 1. The van der Waals surface area contributed by atoms with Crippen molar-refractivity contribution in [2.24, 2.45) is 11.7 Å². The van der Waals surface area contributed by atoms with Crippen LogP contribution in [0.3, 0.4) is 0 Å². The SMILES string of the molecule is CC(N)C1CCN(c2cnccn2)CC1. The molecule has 15 heavy (non-hydrogen) atoms. The molecule has 1 aromatic heterocycles. The highest BCUT2D eigenvalue weighted by Gasteiger charge is 2.22. The highest BCUT2D eigenvalue weighted by atomic mass is 15.2. The molecule has 1 aliphatic rings. The summed E-state index contributed by atoms with van der Waals surface area (Å²) in [5.74, 6) is 1.65. The van der Waals surface area contributed by atoms with Gasteiger partial charge in [0.1, 0.15) is 5.82 Å². The molecule has 0 aliphatic carbocycles. The molecular weight excluding hydrogens is 188 g/mol. The average Bonchev–Trinajstić information content (AvgIpc) is 2.30. The molecule has 0 radical (unpaired) electrons. The Labute approximate surface area is 90.5 Å². The first-order valence-electron chi connectivity index (χ1n) is 5.54. The van der Waals surface area contributed by atoms with Crippen molar-refractivity contribution >= 4 is 5.82 Å². The monoisotopic (exact) mass is 206 g/mol. The van der Waals surface area contributed by atoms with Crippen molar-refractivity contribution in [2.45, 2.75) is 25.8 Å². The molecule has 2 heterocycles. The smallest absolute Gasteiger partial charge is 0.147 e. The summed E-state index contributed by atoms with van der Waals surface area (Å²) < 4.78 is 0. The predicted molar refractivity (Wildman–Crippen MR) is 60.6 cm³/mol. The number of hydrogen-bond acceptors (Lipinski definition) is 4. The van der Waals surface area contributed by atoms with Crippen LogP contribution in [-0.4, -0.2) is 29.1 Å². The molecule has 0 saturated carbocycles. The zero-order valence-corrected chi connectivity index (χ0v) is 9.13. The molecule has 4 nitrogen and oxygen atoms in total. The number of anilines is 1. The molecular formula is C11H18N4. The number of rotatable bonds is 2. The molecule has 0 spiro atoms. The standard InChI is InChI=1S/C11H18N4/c1-9(12)10-2-6-15(7-3-10)11-8-13-4-5-14-11/h4-5,8-10H,2-3,6-7,12H2,1H3. The maximum absolute atomic E-state index is 5.90. The summed E-state index contributed by atoms with van der Waals surface area (Å²) in [5.41, 5.74) is 5.90. The van der Waals surface area contributed by atoms with E-state index >= 15 is 0 Å². The van der Waals surface area contributed by atoms with E-state index in [0.717, 1.165) is 31.7 Å². The largest absolute Gasteiger partial charge is 0.355 e. The first-order valence-corrected chi connectivity index (χ1v) is 5.54. The van der Waals surface area contributed by atoms with Crippen LogP contribution in [0.15, 0.2) is 18.6 Å². The van der Waals surface area contributed by atoms with E-state index in [-0.39, 0.29) is 0 Å². The molecule has 1 saturated heterocycles. The van der Waals surface area contributed by atoms with Crippen LogP contribution in [0.4, 0.5) is 5.82 Å². The van der Waals surface area contributed by atoms with E-state index in [2.05, 4.69) is 21.8 Å². The maximum Gasteiger partial charge on any atom is 0.147 e. The molecule has 1 aromatic rings. The van der Waals surface area contributed by atoms with Crippen molar-refractivity contribution in [3.8, 4) is 0 Å². The Morgan fingerprint density at radius 2 is 2.13 bits per heavy atom. The van der Waals surface area contributed by atoms with Gasteiger partial charge >= 0.3 is 0 Å². The third-order valence-corrected chi connectivity index (χ3v) is 3.16. The Morgan fingerprint density at radius 3 is 2.67 bits per heavy atom. The van der Waals surface area contributed by atoms with Gasteiger partial charge in [0.15, 0.2) is 0 Å². The fourth-order valence-corrected chi connectivity index (χ4v) is 2.11. The number of aromatic nitrogens is 2. The van der Waals surface area contributed by atoms with E-state index in [0.29, 0.717) is 12.0 Å². The van der Waals surface area contributed by atoms with Crippen LogP contribution >= 0.6 is 0 Å². The van der Waals surface area contributed by atoms with Gasteiger partial charge in [-0.25, -0.2) is 4.98 Å². The quantitative estimate of drug-likeness (QED) is 0.785. The van der Waals surface area contributed by atoms with Crippen LogP contribution in [0, 0.1) is 5.92 Å². The van der Waals surface area contributed by atoms with Crippen LogP contribution in [0.1, 0.15) is 19.8 Å². The van der Waals surface area contributed by atoms with E-state index in [4.69, 9.17) is 5.73 Å². The Balaban J connectivity index is 1.94.